The van der Waals surface area contributed by atoms with Crippen molar-refractivity contribution >= 4 is 28.3 Å². The monoisotopic (exact) mass is 432 g/mol. The van der Waals surface area contributed by atoms with Crippen LogP contribution in [0.1, 0.15) is 13.3 Å². The lowest BCUT2D eigenvalue weighted by Gasteiger charge is -2.12. The van der Waals surface area contributed by atoms with Crippen molar-refractivity contribution < 1.29 is 27.8 Å². The second-order valence-corrected chi connectivity index (χ2v) is 7.06. The fourth-order valence-corrected chi connectivity index (χ4v) is 3.13. The third-order valence-electron chi connectivity index (χ3n) is 3.95. The van der Waals surface area contributed by atoms with Crippen LogP contribution in [0.4, 0.5) is 13.9 Å². The standard InChI is InChI=1S/C21H18F2N2O4S/c1-13(29-19(26)9-10-28-15-5-3-2-4-6-15)20(27)25-21-24-18(12-30-21)14-7-8-16(22)17(23)11-14/h2-8,11-13H,9-10H2,1H3,(H,24,25,27)/t13-/m0/s1. The first-order chi connectivity index (χ1) is 14.4. The van der Waals surface area contributed by atoms with Crippen LogP contribution < -0.4 is 10.1 Å². The van der Waals surface area contributed by atoms with Gasteiger partial charge in [0, 0.05) is 10.9 Å². The topological polar surface area (TPSA) is 77.5 Å². The van der Waals surface area contributed by atoms with Gasteiger partial charge >= 0.3 is 5.97 Å². The average molecular weight is 432 g/mol. The minimum Gasteiger partial charge on any atom is -0.493 e. The number of para-hydroxylation sites is 1. The Balaban J connectivity index is 1.47. The number of carbonyl (C=O) groups is 2. The molecule has 0 saturated heterocycles. The number of benzene rings is 2. The number of thiazole rings is 1. The van der Waals surface area contributed by atoms with E-state index in [0.717, 1.165) is 23.5 Å². The number of hydrogen-bond acceptors (Lipinski definition) is 6. The molecule has 1 N–H and O–H groups in total. The molecular formula is C21H18F2N2O4S. The second kappa shape index (κ2) is 9.93. The van der Waals surface area contributed by atoms with Gasteiger partial charge in [0.1, 0.15) is 5.75 Å². The van der Waals surface area contributed by atoms with E-state index in [9.17, 15) is 18.4 Å². The number of rotatable bonds is 8. The summed E-state index contributed by atoms with van der Waals surface area (Å²) in [6.07, 6.45) is -1.05. The Hall–Kier alpha value is -3.33. The van der Waals surface area contributed by atoms with Gasteiger partial charge in [-0.1, -0.05) is 18.2 Å². The molecule has 0 aliphatic rings. The van der Waals surface area contributed by atoms with E-state index in [1.165, 1.54) is 13.0 Å². The molecule has 3 aromatic rings. The van der Waals surface area contributed by atoms with Crippen molar-refractivity contribution in [3.8, 4) is 17.0 Å². The van der Waals surface area contributed by atoms with E-state index in [1.807, 2.05) is 18.2 Å². The van der Waals surface area contributed by atoms with Gasteiger partial charge in [0.15, 0.2) is 22.9 Å². The van der Waals surface area contributed by atoms with Gasteiger partial charge in [0.2, 0.25) is 0 Å². The van der Waals surface area contributed by atoms with Crippen LogP contribution in [0.3, 0.4) is 0 Å². The molecular weight excluding hydrogens is 414 g/mol. The molecule has 6 nitrogen and oxygen atoms in total. The Bertz CT molecular complexity index is 1030. The fraction of sp³-hybridized carbons (Fsp3) is 0.190. The van der Waals surface area contributed by atoms with Crippen molar-refractivity contribution in [1.82, 2.24) is 4.98 Å². The highest BCUT2D eigenvalue weighted by Crippen LogP contribution is 2.26. The molecule has 1 heterocycles. The van der Waals surface area contributed by atoms with Crippen LogP contribution in [-0.2, 0) is 14.3 Å². The molecule has 0 fully saturated rings. The molecule has 1 aromatic heterocycles. The van der Waals surface area contributed by atoms with E-state index in [0.29, 0.717) is 17.0 Å². The van der Waals surface area contributed by atoms with Crippen LogP contribution in [0.2, 0.25) is 0 Å². The number of esters is 1. The molecule has 30 heavy (non-hydrogen) atoms. The zero-order valence-corrected chi connectivity index (χ0v) is 16.7. The summed E-state index contributed by atoms with van der Waals surface area (Å²) in [6, 6.07) is 12.4. The van der Waals surface area contributed by atoms with Gasteiger partial charge in [-0.05, 0) is 37.3 Å². The third kappa shape index (κ3) is 5.84. The Kier molecular flexibility index (Phi) is 7.08. The predicted octanol–water partition coefficient (Wildman–Crippen LogP) is 4.43. The Morgan fingerprint density at radius 2 is 1.90 bits per heavy atom. The lowest BCUT2D eigenvalue weighted by atomic mass is 10.2. The van der Waals surface area contributed by atoms with Crippen molar-refractivity contribution in [1.29, 1.82) is 0 Å². The van der Waals surface area contributed by atoms with E-state index in [1.54, 1.807) is 17.5 Å². The summed E-state index contributed by atoms with van der Waals surface area (Å²) in [5.74, 6) is -2.43. The van der Waals surface area contributed by atoms with E-state index >= 15 is 0 Å². The predicted molar refractivity (Wildman–Crippen MR) is 108 cm³/mol. The van der Waals surface area contributed by atoms with Crippen LogP contribution in [0.25, 0.3) is 11.3 Å². The van der Waals surface area contributed by atoms with Crippen LogP contribution in [0.15, 0.2) is 53.9 Å². The van der Waals surface area contributed by atoms with Gasteiger partial charge in [-0.3, -0.25) is 14.9 Å². The van der Waals surface area contributed by atoms with E-state index in [2.05, 4.69) is 10.3 Å². The lowest BCUT2D eigenvalue weighted by Crippen LogP contribution is -2.30. The first-order valence-corrected chi connectivity index (χ1v) is 9.89. The summed E-state index contributed by atoms with van der Waals surface area (Å²) in [7, 11) is 0. The molecule has 1 atom stereocenters. The van der Waals surface area contributed by atoms with Gasteiger partial charge in [0.25, 0.3) is 5.91 Å². The van der Waals surface area contributed by atoms with Crippen LogP contribution >= 0.6 is 11.3 Å². The number of halogens is 2. The van der Waals surface area contributed by atoms with Crippen molar-refractivity contribution in [3.05, 3.63) is 65.5 Å². The van der Waals surface area contributed by atoms with Gasteiger partial charge in [0.05, 0.1) is 18.7 Å². The van der Waals surface area contributed by atoms with E-state index in [-0.39, 0.29) is 18.2 Å². The number of amides is 1. The SMILES string of the molecule is C[C@H](OC(=O)CCOc1ccccc1)C(=O)Nc1nc(-c2ccc(F)c(F)c2)cs1. The molecule has 9 heteroatoms. The summed E-state index contributed by atoms with van der Waals surface area (Å²) in [6.45, 7) is 1.57. The maximum atomic E-state index is 13.4. The summed E-state index contributed by atoms with van der Waals surface area (Å²) < 4.78 is 36.9. The molecule has 0 radical (unpaired) electrons. The van der Waals surface area contributed by atoms with Crippen molar-refractivity contribution in [2.75, 3.05) is 11.9 Å². The highest BCUT2D eigenvalue weighted by atomic mass is 32.1. The number of nitrogens with one attached hydrogen (secondary N) is 1. The van der Waals surface area contributed by atoms with E-state index in [4.69, 9.17) is 9.47 Å². The fourth-order valence-electron chi connectivity index (χ4n) is 2.40. The number of hydrogen-bond donors (Lipinski definition) is 1. The summed E-state index contributed by atoms with van der Waals surface area (Å²) >= 11 is 1.11. The van der Waals surface area contributed by atoms with Crippen molar-refractivity contribution in [3.63, 3.8) is 0 Å². The zero-order valence-electron chi connectivity index (χ0n) is 15.9. The summed E-state index contributed by atoms with van der Waals surface area (Å²) in [4.78, 5) is 28.3. The normalized spacial score (nSPS) is 11.6. The molecule has 0 aliphatic heterocycles. The van der Waals surface area contributed by atoms with Gasteiger partial charge in [-0.25, -0.2) is 13.8 Å². The highest BCUT2D eigenvalue weighted by Gasteiger charge is 2.19. The van der Waals surface area contributed by atoms with Crippen LogP contribution in [0.5, 0.6) is 5.75 Å². The lowest BCUT2D eigenvalue weighted by molar-refractivity contribution is -0.153. The van der Waals surface area contributed by atoms with Gasteiger partial charge < -0.3 is 9.47 Å². The zero-order chi connectivity index (χ0) is 21.5. The van der Waals surface area contributed by atoms with Gasteiger partial charge in [-0.15, -0.1) is 11.3 Å². The van der Waals surface area contributed by atoms with Crippen molar-refractivity contribution in [2.45, 2.75) is 19.4 Å². The Morgan fingerprint density at radius 3 is 2.63 bits per heavy atom. The molecule has 156 valence electrons. The molecule has 0 aliphatic carbocycles. The first-order valence-electron chi connectivity index (χ1n) is 9.01. The Labute approximate surface area is 175 Å². The minimum atomic E-state index is -1.04. The maximum absolute atomic E-state index is 13.4. The highest BCUT2D eigenvalue weighted by molar-refractivity contribution is 7.14. The number of anilines is 1. The maximum Gasteiger partial charge on any atom is 0.310 e. The minimum absolute atomic E-state index is 0.00988. The molecule has 1 amide bonds. The first kappa shape index (κ1) is 21.4. The number of aromatic nitrogens is 1. The summed E-state index contributed by atoms with van der Waals surface area (Å²) in [5.41, 5.74) is 0.764. The van der Waals surface area contributed by atoms with Gasteiger partial charge in [-0.2, -0.15) is 0 Å². The number of ether oxygens (including phenoxy) is 2. The van der Waals surface area contributed by atoms with E-state index < -0.39 is 29.6 Å². The average Bonchev–Trinajstić information content (AvgIpc) is 3.19. The van der Waals surface area contributed by atoms with Crippen LogP contribution in [0, 0.1) is 11.6 Å². The molecule has 0 spiro atoms. The summed E-state index contributed by atoms with van der Waals surface area (Å²) in [5, 5.41) is 4.38. The largest absolute Gasteiger partial charge is 0.493 e. The molecule has 0 saturated carbocycles. The quantitative estimate of drug-likeness (QED) is 0.533. The van der Waals surface area contributed by atoms with Crippen molar-refractivity contribution in [2.24, 2.45) is 0 Å². The number of nitrogens with zero attached hydrogens (tertiary/aromatic N) is 1. The molecule has 0 unspecified atom stereocenters. The second-order valence-electron chi connectivity index (χ2n) is 6.20. The molecule has 3 rings (SSSR count). The number of carbonyl (C=O) groups excluding carboxylic acids is 2. The third-order valence-corrected chi connectivity index (χ3v) is 4.70. The smallest absolute Gasteiger partial charge is 0.310 e. The molecule has 0 bridgehead atoms. The van der Waals surface area contributed by atoms with Crippen LogP contribution in [-0.4, -0.2) is 29.6 Å². The molecule has 2 aromatic carbocycles. The Morgan fingerprint density at radius 1 is 1.13 bits per heavy atom.